The molecule has 0 radical (unpaired) electrons. The highest BCUT2D eigenvalue weighted by atomic mass is 19.4. The molecule has 2 aromatic carbocycles. The summed E-state index contributed by atoms with van der Waals surface area (Å²) in [5.74, 6) is 0.287. The Morgan fingerprint density at radius 2 is 1.76 bits per heavy atom. The van der Waals surface area contributed by atoms with Crippen LogP contribution in [0.25, 0.3) is 0 Å². The van der Waals surface area contributed by atoms with Crippen molar-refractivity contribution in [1.29, 1.82) is 0 Å². The van der Waals surface area contributed by atoms with E-state index in [1.807, 2.05) is 12.1 Å². The van der Waals surface area contributed by atoms with Crippen LogP contribution in [0.3, 0.4) is 0 Å². The molecule has 0 bridgehead atoms. The van der Waals surface area contributed by atoms with Gasteiger partial charge in [0, 0.05) is 6.54 Å². The average molecular weight is 353 g/mol. The number of amides is 1. The number of ether oxygens (including phenoxy) is 2. The molecule has 0 fully saturated rings. The Hall–Kier alpha value is -2.70. The standard InChI is InChI=1S/C18H18F3NO3/c1-24-16-4-2-3-14(11-16)12-17(23)22-10-9-13-5-7-15(8-6-13)25-18(19,20)21/h2-8,11H,9-10,12H2,1H3,(H,22,23). The average Bonchev–Trinajstić information content (AvgIpc) is 2.55. The molecule has 0 saturated heterocycles. The summed E-state index contributed by atoms with van der Waals surface area (Å²) in [5.41, 5.74) is 1.64. The quantitative estimate of drug-likeness (QED) is 0.829. The molecule has 0 unspecified atom stereocenters. The highest BCUT2D eigenvalue weighted by Gasteiger charge is 2.30. The van der Waals surface area contributed by atoms with Crippen molar-refractivity contribution in [3.63, 3.8) is 0 Å². The number of methoxy groups -OCH3 is 1. The van der Waals surface area contributed by atoms with Gasteiger partial charge in [0.05, 0.1) is 13.5 Å². The van der Waals surface area contributed by atoms with E-state index in [9.17, 15) is 18.0 Å². The lowest BCUT2D eigenvalue weighted by Gasteiger charge is -2.10. The molecule has 2 aromatic rings. The molecule has 1 N–H and O–H groups in total. The molecule has 0 atom stereocenters. The predicted molar refractivity (Wildman–Crippen MR) is 86.5 cm³/mol. The molecule has 2 rings (SSSR count). The predicted octanol–water partition coefficient (Wildman–Crippen LogP) is 3.50. The van der Waals surface area contributed by atoms with Crippen molar-refractivity contribution in [3.8, 4) is 11.5 Å². The number of hydrogen-bond donors (Lipinski definition) is 1. The number of halogens is 3. The molecule has 0 saturated carbocycles. The molecule has 0 aliphatic carbocycles. The van der Waals surface area contributed by atoms with Crippen LogP contribution in [0.4, 0.5) is 13.2 Å². The van der Waals surface area contributed by atoms with Crippen LogP contribution in [-0.2, 0) is 17.6 Å². The van der Waals surface area contributed by atoms with Gasteiger partial charge in [-0.05, 0) is 41.8 Å². The van der Waals surface area contributed by atoms with Crippen LogP contribution in [0.2, 0.25) is 0 Å². The van der Waals surface area contributed by atoms with Gasteiger partial charge < -0.3 is 14.8 Å². The number of carbonyl (C=O) groups excluding carboxylic acids is 1. The third-order valence-corrected chi connectivity index (χ3v) is 3.39. The topological polar surface area (TPSA) is 47.6 Å². The first kappa shape index (κ1) is 18.6. The molecule has 0 spiro atoms. The Kier molecular flexibility index (Phi) is 6.27. The Bertz CT molecular complexity index is 699. The van der Waals surface area contributed by atoms with Crippen LogP contribution in [-0.4, -0.2) is 25.9 Å². The van der Waals surface area contributed by atoms with Gasteiger partial charge in [0.1, 0.15) is 11.5 Å². The monoisotopic (exact) mass is 353 g/mol. The third-order valence-electron chi connectivity index (χ3n) is 3.39. The second kappa shape index (κ2) is 8.41. The Balaban J connectivity index is 1.77. The van der Waals surface area contributed by atoms with Crippen LogP contribution in [0.15, 0.2) is 48.5 Å². The lowest BCUT2D eigenvalue weighted by Crippen LogP contribution is -2.27. The summed E-state index contributed by atoms with van der Waals surface area (Å²) in [6.45, 7) is 0.391. The Morgan fingerprint density at radius 3 is 2.40 bits per heavy atom. The number of nitrogens with one attached hydrogen (secondary N) is 1. The Morgan fingerprint density at radius 1 is 1.04 bits per heavy atom. The number of benzene rings is 2. The van der Waals surface area contributed by atoms with E-state index < -0.39 is 6.36 Å². The first-order valence-electron chi connectivity index (χ1n) is 7.60. The van der Waals surface area contributed by atoms with Crippen LogP contribution in [0.5, 0.6) is 11.5 Å². The molecule has 0 aliphatic rings. The molecule has 4 nitrogen and oxygen atoms in total. The van der Waals surface area contributed by atoms with E-state index in [0.29, 0.717) is 18.7 Å². The van der Waals surface area contributed by atoms with E-state index in [1.54, 1.807) is 19.2 Å². The summed E-state index contributed by atoms with van der Waals surface area (Å²) < 4.78 is 45.2. The highest BCUT2D eigenvalue weighted by Crippen LogP contribution is 2.22. The summed E-state index contributed by atoms with van der Waals surface area (Å²) in [4.78, 5) is 11.9. The molecule has 25 heavy (non-hydrogen) atoms. The first-order chi connectivity index (χ1) is 11.9. The number of carbonyl (C=O) groups is 1. The summed E-state index contributed by atoms with van der Waals surface area (Å²) in [6.07, 6.45) is -3.96. The van der Waals surface area contributed by atoms with E-state index in [1.165, 1.54) is 24.3 Å². The fraction of sp³-hybridized carbons (Fsp3) is 0.278. The molecule has 134 valence electrons. The van der Waals surface area contributed by atoms with Gasteiger partial charge in [-0.1, -0.05) is 24.3 Å². The molecule has 1 amide bonds. The minimum absolute atomic E-state index is 0.134. The van der Waals surface area contributed by atoms with Crippen molar-refractivity contribution in [2.45, 2.75) is 19.2 Å². The van der Waals surface area contributed by atoms with E-state index in [2.05, 4.69) is 10.1 Å². The molecular formula is C18H18F3NO3. The van der Waals surface area contributed by atoms with Crippen LogP contribution in [0.1, 0.15) is 11.1 Å². The summed E-state index contributed by atoms with van der Waals surface area (Å²) >= 11 is 0. The second-order valence-electron chi connectivity index (χ2n) is 5.32. The molecule has 0 aliphatic heterocycles. The van der Waals surface area contributed by atoms with Gasteiger partial charge in [0.2, 0.25) is 5.91 Å². The van der Waals surface area contributed by atoms with Gasteiger partial charge in [-0.25, -0.2) is 0 Å². The summed E-state index contributed by atoms with van der Waals surface area (Å²) in [5, 5.41) is 2.78. The van der Waals surface area contributed by atoms with Crippen molar-refractivity contribution in [2.75, 3.05) is 13.7 Å². The van der Waals surface area contributed by atoms with Gasteiger partial charge >= 0.3 is 6.36 Å². The largest absolute Gasteiger partial charge is 0.573 e. The highest BCUT2D eigenvalue weighted by molar-refractivity contribution is 5.78. The lowest BCUT2D eigenvalue weighted by atomic mass is 10.1. The van der Waals surface area contributed by atoms with E-state index in [4.69, 9.17) is 4.74 Å². The Labute approximate surface area is 143 Å². The molecule has 0 aromatic heterocycles. The van der Waals surface area contributed by atoms with Crippen molar-refractivity contribution in [1.82, 2.24) is 5.32 Å². The van der Waals surface area contributed by atoms with Gasteiger partial charge in [0.25, 0.3) is 0 Å². The SMILES string of the molecule is COc1cccc(CC(=O)NCCc2ccc(OC(F)(F)F)cc2)c1. The summed E-state index contributed by atoms with van der Waals surface area (Å²) in [7, 11) is 1.56. The minimum atomic E-state index is -4.70. The maximum Gasteiger partial charge on any atom is 0.573 e. The summed E-state index contributed by atoms with van der Waals surface area (Å²) in [6, 6.07) is 12.8. The van der Waals surface area contributed by atoms with Crippen molar-refractivity contribution >= 4 is 5.91 Å². The van der Waals surface area contributed by atoms with Crippen LogP contribution >= 0.6 is 0 Å². The van der Waals surface area contributed by atoms with Crippen molar-refractivity contribution < 1.29 is 27.4 Å². The minimum Gasteiger partial charge on any atom is -0.497 e. The molecule has 0 heterocycles. The van der Waals surface area contributed by atoms with Crippen molar-refractivity contribution in [2.24, 2.45) is 0 Å². The lowest BCUT2D eigenvalue weighted by molar-refractivity contribution is -0.274. The smallest absolute Gasteiger partial charge is 0.497 e. The first-order valence-corrected chi connectivity index (χ1v) is 7.60. The van der Waals surface area contributed by atoms with Crippen molar-refractivity contribution in [3.05, 3.63) is 59.7 Å². The zero-order valence-electron chi connectivity index (χ0n) is 13.6. The number of hydrogen-bond acceptors (Lipinski definition) is 3. The van der Waals surface area contributed by atoms with E-state index in [-0.39, 0.29) is 18.1 Å². The van der Waals surface area contributed by atoms with Gasteiger partial charge in [0.15, 0.2) is 0 Å². The fourth-order valence-electron chi connectivity index (χ4n) is 2.23. The fourth-order valence-corrected chi connectivity index (χ4v) is 2.23. The normalized spacial score (nSPS) is 11.0. The van der Waals surface area contributed by atoms with Crippen LogP contribution in [0, 0.1) is 0 Å². The van der Waals surface area contributed by atoms with Gasteiger partial charge in [-0.15, -0.1) is 13.2 Å². The van der Waals surface area contributed by atoms with Gasteiger partial charge in [-0.3, -0.25) is 4.79 Å². The molecular weight excluding hydrogens is 335 g/mol. The number of alkyl halides is 3. The number of rotatable bonds is 7. The maximum atomic E-state index is 12.1. The van der Waals surface area contributed by atoms with Crippen LogP contribution < -0.4 is 14.8 Å². The third kappa shape index (κ3) is 6.74. The molecule has 7 heteroatoms. The maximum absolute atomic E-state index is 12.1. The van der Waals surface area contributed by atoms with E-state index >= 15 is 0 Å². The zero-order valence-corrected chi connectivity index (χ0v) is 13.6. The van der Waals surface area contributed by atoms with E-state index in [0.717, 1.165) is 11.1 Å². The van der Waals surface area contributed by atoms with Gasteiger partial charge in [-0.2, -0.15) is 0 Å². The second-order valence-corrected chi connectivity index (χ2v) is 5.32. The zero-order chi connectivity index (χ0) is 18.3.